The minimum absolute atomic E-state index is 0.0811. The lowest BCUT2D eigenvalue weighted by Gasteiger charge is -2.18. The van der Waals surface area contributed by atoms with Crippen LogP contribution in [0.3, 0.4) is 0 Å². The van der Waals surface area contributed by atoms with Crippen molar-refractivity contribution in [2.24, 2.45) is 0 Å². The van der Waals surface area contributed by atoms with Crippen molar-refractivity contribution in [1.82, 2.24) is 0 Å². The Labute approximate surface area is 434 Å². The van der Waals surface area contributed by atoms with Gasteiger partial charge in [0, 0.05) is 19.3 Å². The first-order valence-corrected chi connectivity index (χ1v) is 30.3. The van der Waals surface area contributed by atoms with E-state index < -0.39 is 6.10 Å². The van der Waals surface area contributed by atoms with Crippen LogP contribution in [0.5, 0.6) is 0 Å². The molecule has 0 aromatic rings. The second kappa shape index (κ2) is 58.7. The molecule has 0 rings (SSSR count). The molecule has 0 radical (unpaired) electrons. The van der Waals surface area contributed by atoms with E-state index in [4.69, 9.17) is 14.2 Å². The van der Waals surface area contributed by atoms with Gasteiger partial charge in [-0.25, -0.2) is 0 Å². The van der Waals surface area contributed by atoms with Gasteiger partial charge < -0.3 is 14.2 Å². The number of hydrogen-bond acceptors (Lipinski definition) is 6. The van der Waals surface area contributed by atoms with Crippen molar-refractivity contribution >= 4 is 17.9 Å². The zero-order valence-corrected chi connectivity index (χ0v) is 46.5. The molecule has 0 heterocycles. The predicted molar refractivity (Wildman–Crippen MR) is 302 cm³/mol. The number of allylic oxidation sites excluding steroid dienone is 10. The number of unbranched alkanes of at least 4 members (excludes halogenated alkanes) is 34. The Morgan fingerprint density at radius 3 is 0.829 bits per heavy atom. The fraction of sp³-hybridized carbons (Fsp3) is 0.797. The van der Waals surface area contributed by atoms with Gasteiger partial charge in [0.1, 0.15) is 13.2 Å². The SMILES string of the molecule is CCCCC/C=C\C/C=C\CCCCCCCCCC(=O)OCC(COC(=O)CCCCCCCCC/C=C\CCCCCCCCC)OC(=O)CCCCCCCCC/C=C\C/C=C\CCCCC. The van der Waals surface area contributed by atoms with Gasteiger partial charge in [0.05, 0.1) is 0 Å². The summed E-state index contributed by atoms with van der Waals surface area (Å²) in [5.74, 6) is -0.887. The summed E-state index contributed by atoms with van der Waals surface area (Å²) in [6.45, 7) is 6.60. The molecule has 0 amide bonds. The summed E-state index contributed by atoms with van der Waals surface area (Å²) in [5.41, 5.74) is 0. The van der Waals surface area contributed by atoms with Crippen LogP contribution in [0.15, 0.2) is 60.8 Å². The van der Waals surface area contributed by atoms with Crippen LogP contribution in [-0.2, 0) is 28.6 Å². The Morgan fingerprint density at radius 2 is 0.514 bits per heavy atom. The molecule has 0 spiro atoms. The molecule has 6 nitrogen and oxygen atoms in total. The Balaban J connectivity index is 4.39. The van der Waals surface area contributed by atoms with Gasteiger partial charge in [0.2, 0.25) is 0 Å². The third-order valence-corrected chi connectivity index (χ3v) is 13.2. The van der Waals surface area contributed by atoms with Crippen LogP contribution in [-0.4, -0.2) is 37.2 Å². The summed E-state index contributed by atoms with van der Waals surface area (Å²) < 4.78 is 16.9. The van der Waals surface area contributed by atoms with Crippen LogP contribution in [0, 0.1) is 0 Å². The minimum Gasteiger partial charge on any atom is -0.462 e. The monoisotopic (exact) mass is 979 g/mol. The van der Waals surface area contributed by atoms with E-state index in [0.29, 0.717) is 19.3 Å². The van der Waals surface area contributed by atoms with Crippen LogP contribution >= 0.6 is 0 Å². The van der Waals surface area contributed by atoms with Gasteiger partial charge in [-0.15, -0.1) is 0 Å². The highest BCUT2D eigenvalue weighted by Gasteiger charge is 2.19. The second-order valence-electron chi connectivity index (χ2n) is 20.2. The molecule has 0 aliphatic carbocycles. The molecular formula is C64H114O6. The Bertz CT molecular complexity index is 1260. The molecule has 0 aliphatic heterocycles. The largest absolute Gasteiger partial charge is 0.462 e. The first-order valence-electron chi connectivity index (χ1n) is 30.3. The van der Waals surface area contributed by atoms with Crippen molar-refractivity contribution in [3.05, 3.63) is 60.8 Å². The molecule has 1 unspecified atom stereocenters. The van der Waals surface area contributed by atoms with Crippen molar-refractivity contribution in [2.75, 3.05) is 13.2 Å². The maximum Gasteiger partial charge on any atom is 0.306 e. The third kappa shape index (κ3) is 56.0. The number of rotatable bonds is 55. The molecule has 0 aromatic carbocycles. The zero-order valence-electron chi connectivity index (χ0n) is 46.5. The molecule has 0 saturated carbocycles. The van der Waals surface area contributed by atoms with E-state index in [0.717, 1.165) is 83.5 Å². The van der Waals surface area contributed by atoms with Gasteiger partial charge in [-0.05, 0) is 109 Å². The van der Waals surface area contributed by atoms with E-state index in [2.05, 4.69) is 81.5 Å². The van der Waals surface area contributed by atoms with Crippen LogP contribution in [0.25, 0.3) is 0 Å². The predicted octanol–water partition coefficient (Wildman–Crippen LogP) is 20.4. The molecule has 0 bridgehead atoms. The number of carbonyl (C=O) groups is 3. The Kier molecular flexibility index (Phi) is 56.3. The maximum atomic E-state index is 12.9. The molecule has 1 atom stereocenters. The summed E-state index contributed by atoms with van der Waals surface area (Å²) in [5, 5.41) is 0. The fourth-order valence-electron chi connectivity index (χ4n) is 8.62. The molecule has 0 fully saturated rings. The molecule has 0 N–H and O–H groups in total. The Morgan fingerprint density at radius 1 is 0.286 bits per heavy atom. The average molecular weight is 980 g/mol. The highest BCUT2D eigenvalue weighted by Crippen LogP contribution is 2.15. The number of ether oxygens (including phenoxy) is 3. The van der Waals surface area contributed by atoms with Crippen molar-refractivity contribution in [1.29, 1.82) is 0 Å². The van der Waals surface area contributed by atoms with E-state index in [-0.39, 0.29) is 31.1 Å². The highest BCUT2D eigenvalue weighted by atomic mass is 16.6. The fourth-order valence-corrected chi connectivity index (χ4v) is 8.62. The van der Waals surface area contributed by atoms with Gasteiger partial charge in [-0.1, -0.05) is 242 Å². The summed E-state index contributed by atoms with van der Waals surface area (Å²) in [4.78, 5) is 38.2. The van der Waals surface area contributed by atoms with Gasteiger partial charge in [-0.2, -0.15) is 0 Å². The number of carbonyl (C=O) groups excluding carboxylic acids is 3. The smallest absolute Gasteiger partial charge is 0.306 e. The van der Waals surface area contributed by atoms with Gasteiger partial charge in [0.25, 0.3) is 0 Å². The summed E-state index contributed by atoms with van der Waals surface area (Å²) in [6.07, 6.45) is 73.5. The van der Waals surface area contributed by atoms with E-state index in [1.165, 1.54) is 186 Å². The first kappa shape index (κ1) is 67.1. The molecule has 0 aromatic heterocycles. The van der Waals surface area contributed by atoms with Crippen molar-refractivity contribution < 1.29 is 28.6 Å². The van der Waals surface area contributed by atoms with Crippen molar-refractivity contribution in [3.8, 4) is 0 Å². The summed E-state index contributed by atoms with van der Waals surface area (Å²) in [6, 6.07) is 0. The first-order chi connectivity index (χ1) is 34.5. The van der Waals surface area contributed by atoms with Crippen molar-refractivity contribution in [3.63, 3.8) is 0 Å². The van der Waals surface area contributed by atoms with E-state index in [9.17, 15) is 14.4 Å². The lowest BCUT2D eigenvalue weighted by molar-refractivity contribution is -0.167. The van der Waals surface area contributed by atoms with Gasteiger partial charge in [-0.3, -0.25) is 14.4 Å². The van der Waals surface area contributed by atoms with Crippen LogP contribution in [0.4, 0.5) is 0 Å². The molecule has 6 heteroatoms. The maximum absolute atomic E-state index is 12.9. The topological polar surface area (TPSA) is 78.9 Å². The lowest BCUT2D eigenvalue weighted by Crippen LogP contribution is -2.30. The molecule has 70 heavy (non-hydrogen) atoms. The highest BCUT2D eigenvalue weighted by molar-refractivity contribution is 5.71. The number of hydrogen-bond donors (Lipinski definition) is 0. The molecule has 406 valence electrons. The minimum atomic E-state index is -0.784. The zero-order chi connectivity index (χ0) is 50.7. The molecule has 0 saturated heterocycles. The average Bonchev–Trinajstić information content (AvgIpc) is 3.36. The van der Waals surface area contributed by atoms with Crippen LogP contribution in [0.1, 0.15) is 310 Å². The third-order valence-electron chi connectivity index (χ3n) is 13.2. The molecular weight excluding hydrogens is 865 g/mol. The summed E-state index contributed by atoms with van der Waals surface area (Å²) >= 11 is 0. The Hall–Kier alpha value is -2.89. The van der Waals surface area contributed by atoms with Crippen molar-refractivity contribution in [2.45, 2.75) is 316 Å². The van der Waals surface area contributed by atoms with Gasteiger partial charge >= 0.3 is 17.9 Å². The van der Waals surface area contributed by atoms with E-state index in [1.807, 2.05) is 0 Å². The standard InChI is InChI=1S/C64H114O6/c1-4-7-10-13-16-19-22-25-28-31-34-36-39-42-45-48-51-54-57-63(66)69-60-61(70-64(67)58-55-52-49-46-43-40-37-33-30-27-24-21-18-15-12-9-6-3)59-68-62(65)56-53-50-47-44-41-38-35-32-29-26-23-20-17-14-11-8-5-2/h17-18,20-21,26-31,61H,4-16,19,22-25,32-60H2,1-3H3/b20-17-,21-18-,29-26-,30-27-,31-28-. The van der Waals surface area contributed by atoms with Crippen LogP contribution in [0.2, 0.25) is 0 Å². The van der Waals surface area contributed by atoms with Crippen LogP contribution < -0.4 is 0 Å². The second-order valence-corrected chi connectivity index (χ2v) is 20.2. The van der Waals surface area contributed by atoms with E-state index in [1.54, 1.807) is 0 Å². The number of esters is 3. The van der Waals surface area contributed by atoms with Gasteiger partial charge in [0.15, 0.2) is 6.10 Å². The van der Waals surface area contributed by atoms with E-state index >= 15 is 0 Å². The quantitative estimate of drug-likeness (QED) is 0.0261. The lowest BCUT2D eigenvalue weighted by atomic mass is 10.1. The normalized spacial score (nSPS) is 12.4. The summed E-state index contributed by atoms with van der Waals surface area (Å²) in [7, 11) is 0. The molecule has 0 aliphatic rings.